The van der Waals surface area contributed by atoms with Crippen LogP contribution in [-0.2, 0) is 10.1 Å². The zero-order valence-electron chi connectivity index (χ0n) is 10.6. The summed E-state index contributed by atoms with van der Waals surface area (Å²) < 4.78 is 31.3. The first-order chi connectivity index (χ1) is 7.73. The molecule has 3 nitrogen and oxygen atoms in total. The van der Waals surface area contributed by atoms with Crippen LogP contribution in [0.25, 0.3) is 0 Å². The molecule has 0 unspecified atom stereocenters. The molecule has 98 valence electrons. The Kier molecular flexibility index (Phi) is 7.60. The van der Waals surface area contributed by atoms with Crippen molar-refractivity contribution in [1.82, 2.24) is 0 Å². The Bertz CT molecular complexity index is 478. The fourth-order valence-corrected chi connectivity index (χ4v) is 5.54. The average Bonchev–Trinajstić information content (AvgIpc) is 2.15. The van der Waals surface area contributed by atoms with Crippen LogP contribution in [0, 0.1) is 0 Å². The van der Waals surface area contributed by atoms with Crippen LogP contribution in [0.3, 0.4) is 0 Å². The van der Waals surface area contributed by atoms with Gasteiger partial charge in [-0.25, -0.2) is 0 Å². The summed E-state index contributed by atoms with van der Waals surface area (Å²) in [4.78, 5) is -0.0104. The molecule has 0 aromatic heterocycles. The first kappa shape index (κ1) is 18.6. The number of hydrogen-bond donors (Lipinski definition) is 1. The molecule has 1 N–H and O–H groups in total. The number of hydrogen-bond acceptors (Lipinski definition) is 2. The van der Waals surface area contributed by atoms with Crippen molar-refractivity contribution in [1.29, 1.82) is 0 Å². The Morgan fingerprint density at radius 1 is 1.11 bits per heavy atom. The molecule has 1 aromatic rings. The molecule has 0 amide bonds. The molecule has 18 heavy (non-hydrogen) atoms. The summed E-state index contributed by atoms with van der Waals surface area (Å²) in [5.41, 5.74) is 0.975. The molecule has 0 saturated carbocycles. The van der Waals surface area contributed by atoms with Crippen molar-refractivity contribution in [2.24, 2.45) is 0 Å². The summed E-state index contributed by atoms with van der Waals surface area (Å²) in [6, 6.07) is 6.66. The van der Waals surface area contributed by atoms with Gasteiger partial charge in [0.2, 0.25) is 0 Å². The molecule has 0 fully saturated rings. The van der Waals surface area contributed by atoms with Gasteiger partial charge in [0.05, 0.1) is 4.90 Å². The summed E-state index contributed by atoms with van der Waals surface area (Å²) >= 11 is 0. The molecule has 0 aliphatic heterocycles. The van der Waals surface area contributed by atoms with Gasteiger partial charge in [0.1, 0.15) is 0 Å². The SMILES string of the molecule is CC(C)P(c1cccc(S(=O)(=O)O)c1)C(C)C.[NaH]. The van der Waals surface area contributed by atoms with E-state index in [9.17, 15) is 8.42 Å². The van der Waals surface area contributed by atoms with Gasteiger partial charge in [0.15, 0.2) is 0 Å². The molecule has 1 aromatic carbocycles. The second-order valence-electron chi connectivity index (χ2n) is 4.57. The predicted octanol–water partition coefficient (Wildman–Crippen LogP) is 2.21. The van der Waals surface area contributed by atoms with Crippen molar-refractivity contribution in [3.05, 3.63) is 24.3 Å². The standard InChI is InChI=1S/C12H19O3PS.Na.H/c1-9(2)16(10(3)4)11-6-5-7-12(8-11)17(13,14)15;;/h5-10H,1-4H3,(H,13,14,15);;. The van der Waals surface area contributed by atoms with Gasteiger partial charge in [0.25, 0.3) is 10.1 Å². The van der Waals surface area contributed by atoms with E-state index in [2.05, 4.69) is 27.7 Å². The van der Waals surface area contributed by atoms with Crippen LogP contribution < -0.4 is 5.30 Å². The molecule has 0 bridgehead atoms. The molecule has 6 heteroatoms. The van der Waals surface area contributed by atoms with Gasteiger partial charge < -0.3 is 0 Å². The topological polar surface area (TPSA) is 54.4 Å². The summed E-state index contributed by atoms with van der Waals surface area (Å²) in [5, 5.41) is 1.03. The van der Waals surface area contributed by atoms with Crippen molar-refractivity contribution in [3.63, 3.8) is 0 Å². The van der Waals surface area contributed by atoms with Crippen molar-refractivity contribution in [3.8, 4) is 0 Å². The summed E-state index contributed by atoms with van der Waals surface area (Å²) in [5.74, 6) is 0. The van der Waals surface area contributed by atoms with Crippen molar-refractivity contribution >= 4 is 52.9 Å². The maximum atomic E-state index is 11.1. The summed E-state index contributed by atoms with van der Waals surface area (Å²) in [6.07, 6.45) is 0. The van der Waals surface area contributed by atoms with E-state index in [0.717, 1.165) is 5.30 Å². The van der Waals surface area contributed by atoms with Crippen molar-refractivity contribution in [2.45, 2.75) is 43.9 Å². The van der Waals surface area contributed by atoms with Crippen LogP contribution in [0.15, 0.2) is 29.2 Å². The van der Waals surface area contributed by atoms with Gasteiger partial charge in [-0.15, -0.1) is 0 Å². The van der Waals surface area contributed by atoms with E-state index in [1.807, 2.05) is 6.07 Å². The van der Waals surface area contributed by atoms with Gasteiger partial charge in [-0.05, 0) is 28.8 Å². The van der Waals surface area contributed by atoms with E-state index >= 15 is 0 Å². The molecule has 0 aliphatic carbocycles. The van der Waals surface area contributed by atoms with E-state index in [0.29, 0.717) is 11.3 Å². The van der Waals surface area contributed by atoms with Gasteiger partial charge in [0, 0.05) is 0 Å². The third kappa shape index (κ3) is 4.92. The Morgan fingerprint density at radius 2 is 1.61 bits per heavy atom. The van der Waals surface area contributed by atoms with Crippen LogP contribution in [0.4, 0.5) is 0 Å². The number of benzene rings is 1. The third-order valence-electron chi connectivity index (χ3n) is 2.53. The van der Waals surface area contributed by atoms with Crippen LogP contribution in [0.2, 0.25) is 0 Å². The second kappa shape index (κ2) is 7.37. The van der Waals surface area contributed by atoms with Gasteiger partial charge in [-0.3, -0.25) is 4.55 Å². The molecule has 0 saturated heterocycles. The quantitative estimate of drug-likeness (QED) is 0.527. The Hall–Kier alpha value is 0.560. The van der Waals surface area contributed by atoms with Crippen LogP contribution in [0.1, 0.15) is 27.7 Å². The maximum absolute atomic E-state index is 11.1. The molecule has 0 aliphatic rings. The number of rotatable bonds is 4. The molecule has 0 spiro atoms. The fourth-order valence-electron chi connectivity index (χ4n) is 2.00. The molecule has 1 rings (SSSR count). The first-order valence-corrected chi connectivity index (χ1v) is 8.51. The monoisotopic (exact) mass is 298 g/mol. The van der Waals surface area contributed by atoms with E-state index in [-0.39, 0.29) is 34.5 Å². The minimum atomic E-state index is -4.10. The Labute approximate surface area is 133 Å². The zero-order chi connectivity index (χ0) is 13.2. The van der Waals surface area contributed by atoms with E-state index in [1.54, 1.807) is 12.1 Å². The van der Waals surface area contributed by atoms with Crippen molar-refractivity contribution in [2.75, 3.05) is 0 Å². The Balaban J connectivity index is 0.00000289. The molecular weight excluding hydrogens is 278 g/mol. The van der Waals surface area contributed by atoms with E-state index < -0.39 is 18.0 Å². The van der Waals surface area contributed by atoms with Gasteiger partial charge >= 0.3 is 29.6 Å². The normalized spacial score (nSPS) is 12.0. The summed E-state index contributed by atoms with van der Waals surface area (Å²) in [7, 11) is -4.51. The molecule has 0 atom stereocenters. The predicted molar refractivity (Wildman–Crippen MR) is 80.2 cm³/mol. The van der Waals surface area contributed by atoms with Crippen molar-refractivity contribution < 1.29 is 13.0 Å². The van der Waals surface area contributed by atoms with Gasteiger partial charge in [-0.2, -0.15) is 8.42 Å². The van der Waals surface area contributed by atoms with Gasteiger partial charge in [-0.1, -0.05) is 47.7 Å². The third-order valence-corrected chi connectivity index (χ3v) is 6.48. The molecular formula is C12H20NaO3PS. The first-order valence-electron chi connectivity index (χ1n) is 5.59. The minimum absolute atomic E-state index is 0. The molecule has 0 radical (unpaired) electrons. The second-order valence-corrected chi connectivity index (χ2v) is 9.39. The Morgan fingerprint density at radius 3 is 2.00 bits per heavy atom. The fraction of sp³-hybridized carbons (Fsp3) is 0.500. The van der Waals surface area contributed by atoms with E-state index in [1.165, 1.54) is 6.07 Å². The zero-order valence-corrected chi connectivity index (χ0v) is 12.3. The summed E-state index contributed by atoms with van der Waals surface area (Å²) in [6.45, 7) is 8.58. The molecule has 0 heterocycles. The van der Waals surface area contributed by atoms with Crippen LogP contribution >= 0.6 is 7.92 Å². The van der Waals surface area contributed by atoms with E-state index in [4.69, 9.17) is 4.55 Å². The average molecular weight is 298 g/mol. The van der Waals surface area contributed by atoms with Crippen LogP contribution in [-0.4, -0.2) is 53.8 Å². The van der Waals surface area contributed by atoms with Crippen LogP contribution in [0.5, 0.6) is 0 Å².